The van der Waals surface area contributed by atoms with Gasteiger partial charge in [-0.1, -0.05) is 12.8 Å². The summed E-state index contributed by atoms with van der Waals surface area (Å²) in [6.07, 6.45) is 4.34. The molecule has 1 aliphatic heterocycles. The third-order valence-electron chi connectivity index (χ3n) is 3.66. The van der Waals surface area contributed by atoms with Crippen molar-refractivity contribution in [2.75, 3.05) is 13.2 Å². The molecule has 1 heterocycles. The van der Waals surface area contributed by atoms with Crippen molar-refractivity contribution >= 4 is 11.9 Å². The first-order chi connectivity index (χ1) is 8.00. The first-order valence-corrected chi connectivity index (χ1v) is 6.15. The van der Waals surface area contributed by atoms with Gasteiger partial charge in [-0.3, -0.25) is 9.59 Å². The van der Waals surface area contributed by atoms with Crippen molar-refractivity contribution in [3.8, 4) is 0 Å². The third kappa shape index (κ3) is 2.77. The molecule has 1 unspecified atom stereocenters. The summed E-state index contributed by atoms with van der Waals surface area (Å²) in [6.45, 7) is 2.19. The second-order valence-electron chi connectivity index (χ2n) is 5.27. The van der Waals surface area contributed by atoms with Crippen LogP contribution >= 0.6 is 0 Å². The van der Waals surface area contributed by atoms with Gasteiger partial charge < -0.3 is 14.7 Å². The second-order valence-corrected chi connectivity index (χ2v) is 5.27. The van der Waals surface area contributed by atoms with Gasteiger partial charge in [0.15, 0.2) is 0 Å². The predicted molar refractivity (Wildman–Crippen MR) is 60.6 cm³/mol. The molecule has 0 aromatic rings. The topological polar surface area (TPSA) is 66.8 Å². The number of carboxylic acids is 1. The lowest BCUT2D eigenvalue weighted by Crippen LogP contribution is -2.56. The van der Waals surface area contributed by atoms with Crippen LogP contribution in [0.15, 0.2) is 0 Å². The van der Waals surface area contributed by atoms with Crippen LogP contribution < -0.4 is 0 Å². The SMILES string of the molecule is CC1(CC(=O)O)CN(C2CCCC2)C(=O)CO1. The molecule has 2 fully saturated rings. The maximum atomic E-state index is 11.8. The summed E-state index contributed by atoms with van der Waals surface area (Å²) in [6, 6.07) is 0.291. The average Bonchev–Trinajstić information content (AvgIpc) is 2.74. The highest BCUT2D eigenvalue weighted by Crippen LogP contribution is 2.29. The number of morpholine rings is 1. The number of hydrogen-bond donors (Lipinski definition) is 1. The fourth-order valence-corrected chi connectivity index (χ4v) is 2.79. The average molecular weight is 241 g/mol. The molecule has 2 aliphatic rings. The van der Waals surface area contributed by atoms with Crippen LogP contribution in [0.4, 0.5) is 0 Å². The Morgan fingerprint density at radius 1 is 1.53 bits per heavy atom. The lowest BCUT2D eigenvalue weighted by atomic mass is 9.98. The van der Waals surface area contributed by atoms with E-state index in [4.69, 9.17) is 9.84 Å². The summed E-state index contributed by atoms with van der Waals surface area (Å²) < 4.78 is 5.41. The van der Waals surface area contributed by atoms with Crippen molar-refractivity contribution in [2.24, 2.45) is 0 Å². The number of carbonyl (C=O) groups excluding carboxylic acids is 1. The van der Waals surface area contributed by atoms with Crippen molar-refractivity contribution in [3.63, 3.8) is 0 Å². The van der Waals surface area contributed by atoms with Crippen LogP contribution in [0.2, 0.25) is 0 Å². The Morgan fingerprint density at radius 3 is 2.76 bits per heavy atom. The number of ether oxygens (including phenoxy) is 1. The van der Waals surface area contributed by atoms with Crippen molar-refractivity contribution in [1.29, 1.82) is 0 Å². The molecule has 1 aliphatic carbocycles. The van der Waals surface area contributed by atoms with Crippen LogP contribution in [-0.2, 0) is 14.3 Å². The zero-order valence-corrected chi connectivity index (χ0v) is 10.1. The number of hydrogen-bond acceptors (Lipinski definition) is 3. The molecule has 1 saturated heterocycles. The fraction of sp³-hybridized carbons (Fsp3) is 0.833. The van der Waals surface area contributed by atoms with Gasteiger partial charge in [-0.05, 0) is 19.8 Å². The number of aliphatic carboxylic acids is 1. The Kier molecular flexibility index (Phi) is 3.38. The zero-order chi connectivity index (χ0) is 12.5. The van der Waals surface area contributed by atoms with E-state index in [2.05, 4.69) is 0 Å². The molecular formula is C12H19NO4. The molecule has 0 aromatic carbocycles. The van der Waals surface area contributed by atoms with Crippen LogP contribution in [-0.4, -0.2) is 46.7 Å². The van der Waals surface area contributed by atoms with Crippen molar-refractivity contribution in [1.82, 2.24) is 4.90 Å². The Bertz CT molecular complexity index is 324. The van der Waals surface area contributed by atoms with Gasteiger partial charge in [0.25, 0.3) is 0 Å². The first-order valence-electron chi connectivity index (χ1n) is 6.15. The molecule has 1 N–H and O–H groups in total. The molecule has 0 radical (unpaired) electrons. The normalized spacial score (nSPS) is 30.9. The van der Waals surface area contributed by atoms with E-state index >= 15 is 0 Å². The smallest absolute Gasteiger partial charge is 0.306 e. The van der Waals surface area contributed by atoms with Gasteiger partial charge in [0, 0.05) is 6.04 Å². The Morgan fingerprint density at radius 2 is 2.18 bits per heavy atom. The molecule has 2 rings (SSSR count). The van der Waals surface area contributed by atoms with Gasteiger partial charge >= 0.3 is 5.97 Å². The second kappa shape index (κ2) is 4.64. The molecule has 5 heteroatoms. The molecule has 17 heavy (non-hydrogen) atoms. The maximum Gasteiger partial charge on any atom is 0.306 e. The lowest BCUT2D eigenvalue weighted by molar-refractivity contribution is -0.171. The minimum absolute atomic E-state index is 0.000219. The highest BCUT2D eigenvalue weighted by molar-refractivity contribution is 5.79. The Hall–Kier alpha value is -1.10. The molecule has 1 saturated carbocycles. The summed E-state index contributed by atoms with van der Waals surface area (Å²) in [4.78, 5) is 24.4. The first kappa shape index (κ1) is 12.4. The lowest BCUT2D eigenvalue weighted by Gasteiger charge is -2.42. The molecular weight excluding hydrogens is 222 g/mol. The van der Waals surface area contributed by atoms with Crippen molar-refractivity contribution in [3.05, 3.63) is 0 Å². The van der Waals surface area contributed by atoms with E-state index in [1.165, 1.54) is 0 Å². The monoisotopic (exact) mass is 241 g/mol. The van der Waals surface area contributed by atoms with Crippen LogP contribution in [0.25, 0.3) is 0 Å². The zero-order valence-electron chi connectivity index (χ0n) is 10.1. The molecule has 0 aromatic heterocycles. The van der Waals surface area contributed by atoms with Crippen LogP contribution in [0.3, 0.4) is 0 Å². The van der Waals surface area contributed by atoms with Gasteiger partial charge in [-0.15, -0.1) is 0 Å². The summed E-state index contributed by atoms with van der Waals surface area (Å²) in [7, 11) is 0. The van der Waals surface area contributed by atoms with E-state index in [0.29, 0.717) is 12.6 Å². The van der Waals surface area contributed by atoms with E-state index in [9.17, 15) is 9.59 Å². The van der Waals surface area contributed by atoms with Crippen LogP contribution in [0, 0.1) is 0 Å². The minimum atomic E-state index is -0.881. The fourth-order valence-electron chi connectivity index (χ4n) is 2.79. The third-order valence-corrected chi connectivity index (χ3v) is 3.66. The van der Waals surface area contributed by atoms with E-state index in [0.717, 1.165) is 25.7 Å². The number of nitrogens with zero attached hydrogens (tertiary/aromatic N) is 1. The molecule has 1 amide bonds. The summed E-state index contributed by atoms with van der Waals surface area (Å²) in [5.74, 6) is -0.881. The Labute approximate surface area is 101 Å². The highest BCUT2D eigenvalue weighted by Gasteiger charge is 2.40. The summed E-state index contributed by atoms with van der Waals surface area (Å²) >= 11 is 0. The molecule has 0 spiro atoms. The predicted octanol–water partition coefficient (Wildman–Crippen LogP) is 1.02. The van der Waals surface area contributed by atoms with Gasteiger partial charge in [-0.25, -0.2) is 0 Å². The summed E-state index contributed by atoms with van der Waals surface area (Å²) in [5.41, 5.74) is -0.734. The van der Waals surface area contributed by atoms with Gasteiger partial charge in [0.2, 0.25) is 5.91 Å². The molecule has 0 bridgehead atoms. The van der Waals surface area contributed by atoms with Gasteiger partial charge in [-0.2, -0.15) is 0 Å². The molecule has 5 nitrogen and oxygen atoms in total. The molecule has 1 atom stereocenters. The van der Waals surface area contributed by atoms with Gasteiger partial charge in [0.05, 0.1) is 18.6 Å². The quantitative estimate of drug-likeness (QED) is 0.801. The largest absolute Gasteiger partial charge is 0.481 e. The number of carbonyl (C=O) groups is 2. The van der Waals surface area contributed by atoms with E-state index in [1.807, 2.05) is 4.90 Å². The Balaban J connectivity index is 2.04. The van der Waals surface area contributed by atoms with E-state index in [1.54, 1.807) is 6.92 Å². The maximum absolute atomic E-state index is 11.8. The number of carboxylic acid groups (broad SMARTS) is 1. The summed E-state index contributed by atoms with van der Waals surface area (Å²) in [5, 5.41) is 8.86. The minimum Gasteiger partial charge on any atom is -0.481 e. The number of rotatable bonds is 3. The highest BCUT2D eigenvalue weighted by atomic mass is 16.5. The van der Waals surface area contributed by atoms with Crippen LogP contribution in [0.1, 0.15) is 39.0 Å². The van der Waals surface area contributed by atoms with Crippen LogP contribution in [0.5, 0.6) is 0 Å². The van der Waals surface area contributed by atoms with Crippen molar-refractivity contribution < 1.29 is 19.4 Å². The number of amides is 1. The van der Waals surface area contributed by atoms with E-state index in [-0.39, 0.29) is 18.9 Å². The standard InChI is InChI=1S/C12H19NO4/c1-12(6-11(15)16)8-13(10(14)7-17-12)9-4-2-3-5-9/h9H,2-8H2,1H3,(H,15,16). The van der Waals surface area contributed by atoms with Crippen molar-refractivity contribution in [2.45, 2.75) is 50.7 Å². The van der Waals surface area contributed by atoms with Gasteiger partial charge in [0.1, 0.15) is 6.61 Å². The van der Waals surface area contributed by atoms with E-state index < -0.39 is 11.6 Å². The molecule has 96 valence electrons.